The van der Waals surface area contributed by atoms with Gasteiger partial charge in [-0.15, -0.1) is 0 Å². The van der Waals surface area contributed by atoms with E-state index in [0.29, 0.717) is 25.0 Å². The normalized spacial score (nSPS) is 21.1. The van der Waals surface area contributed by atoms with Gasteiger partial charge in [0.2, 0.25) is 5.91 Å². The minimum absolute atomic E-state index is 0.174. The van der Waals surface area contributed by atoms with Gasteiger partial charge < -0.3 is 10.4 Å². The van der Waals surface area contributed by atoms with Gasteiger partial charge in [-0.3, -0.25) is 9.69 Å². The van der Waals surface area contributed by atoms with Crippen LogP contribution in [0.3, 0.4) is 0 Å². The molecule has 1 amide bonds. The van der Waals surface area contributed by atoms with Crippen molar-refractivity contribution in [2.75, 3.05) is 19.7 Å². The predicted molar refractivity (Wildman–Crippen MR) is 66.7 cm³/mol. The molecule has 0 radical (unpaired) electrons. The molecule has 0 bridgehead atoms. The Balaban J connectivity index is 1.69. The number of hydrogen-bond acceptors (Lipinski definition) is 3. The zero-order chi connectivity index (χ0) is 12.1. The SMILES string of the molecule is O=C(CCN(CCO)C1CCCC1)NC1CC1. The van der Waals surface area contributed by atoms with E-state index in [-0.39, 0.29) is 12.5 Å². The zero-order valence-corrected chi connectivity index (χ0v) is 10.5. The molecule has 0 spiro atoms. The number of amides is 1. The number of nitrogens with one attached hydrogen (secondary N) is 1. The highest BCUT2D eigenvalue weighted by atomic mass is 16.3. The average molecular weight is 240 g/mol. The fourth-order valence-electron chi connectivity index (χ4n) is 2.65. The van der Waals surface area contributed by atoms with Crippen molar-refractivity contribution in [3.05, 3.63) is 0 Å². The molecule has 0 aliphatic heterocycles. The summed E-state index contributed by atoms with van der Waals surface area (Å²) in [7, 11) is 0. The van der Waals surface area contributed by atoms with Gasteiger partial charge in [0.15, 0.2) is 0 Å². The fraction of sp³-hybridized carbons (Fsp3) is 0.923. The Bertz CT molecular complexity index is 248. The minimum Gasteiger partial charge on any atom is -0.395 e. The first-order valence-corrected chi connectivity index (χ1v) is 6.94. The molecule has 0 heterocycles. The van der Waals surface area contributed by atoms with Gasteiger partial charge in [0.25, 0.3) is 0 Å². The Labute approximate surface area is 103 Å². The monoisotopic (exact) mass is 240 g/mol. The van der Waals surface area contributed by atoms with Crippen molar-refractivity contribution in [1.29, 1.82) is 0 Å². The van der Waals surface area contributed by atoms with Crippen LogP contribution in [0.15, 0.2) is 0 Å². The van der Waals surface area contributed by atoms with Crippen LogP contribution in [-0.2, 0) is 4.79 Å². The quantitative estimate of drug-likeness (QED) is 0.695. The second kappa shape index (κ2) is 6.36. The summed E-state index contributed by atoms with van der Waals surface area (Å²) in [5.74, 6) is 0.174. The topological polar surface area (TPSA) is 52.6 Å². The molecule has 0 aromatic rings. The molecular weight excluding hydrogens is 216 g/mol. The molecular formula is C13H24N2O2. The molecule has 98 valence electrons. The van der Waals surface area contributed by atoms with E-state index in [0.717, 1.165) is 19.4 Å². The molecule has 0 aromatic heterocycles. The van der Waals surface area contributed by atoms with E-state index in [2.05, 4.69) is 10.2 Å². The third-order valence-corrected chi connectivity index (χ3v) is 3.80. The molecule has 2 rings (SSSR count). The molecule has 0 saturated heterocycles. The predicted octanol–water partition coefficient (Wildman–Crippen LogP) is 0.892. The first-order valence-electron chi connectivity index (χ1n) is 6.94. The molecule has 0 aromatic carbocycles. The van der Waals surface area contributed by atoms with Crippen molar-refractivity contribution in [3.8, 4) is 0 Å². The summed E-state index contributed by atoms with van der Waals surface area (Å²) < 4.78 is 0. The lowest BCUT2D eigenvalue weighted by molar-refractivity contribution is -0.121. The minimum atomic E-state index is 0.174. The number of carbonyl (C=O) groups is 1. The maximum atomic E-state index is 11.6. The van der Waals surface area contributed by atoms with E-state index in [1.807, 2.05) is 0 Å². The number of aliphatic hydroxyl groups excluding tert-OH is 1. The number of rotatable bonds is 7. The van der Waals surface area contributed by atoms with Crippen LogP contribution in [0.1, 0.15) is 44.9 Å². The van der Waals surface area contributed by atoms with Crippen molar-refractivity contribution in [1.82, 2.24) is 10.2 Å². The van der Waals surface area contributed by atoms with Gasteiger partial charge in [-0.1, -0.05) is 12.8 Å². The highest BCUT2D eigenvalue weighted by molar-refractivity contribution is 5.76. The second-order valence-corrected chi connectivity index (χ2v) is 5.29. The maximum absolute atomic E-state index is 11.6. The number of hydrogen-bond donors (Lipinski definition) is 2. The lowest BCUT2D eigenvalue weighted by atomic mass is 10.2. The molecule has 0 unspecified atom stereocenters. The van der Waals surface area contributed by atoms with Gasteiger partial charge in [-0.05, 0) is 25.7 Å². The molecule has 0 atom stereocenters. The van der Waals surface area contributed by atoms with Crippen molar-refractivity contribution >= 4 is 5.91 Å². The van der Waals surface area contributed by atoms with Gasteiger partial charge >= 0.3 is 0 Å². The van der Waals surface area contributed by atoms with E-state index in [4.69, 9.17) is 5.11 Å². The largest absolute Gasteiger partial charge is 0.395 e. The van der Waals surface area contributed by atoms with E-state index in [1.165, 1.54) is 25.7 Å². The molecule has 4 nitrogen and oxygen atoms in total. The van der Waals surface area contributed by atoms with Crippen LogP contribution >= 0.6 is 0 Å². The molecule has 2 fully saturated rings. The third-order valence-electron chi connectivity index (χ3n) is 3.80. The third kappa shape index (κ3) is 4.28. The van der Waals surface area contributed by atoms with Crippen LogP contribution < -0.4 is 5.32 Å². The fourth-order valence-corrected chi connectivity index (χ4v) is 2.65. The van der Waals surface area contributed by atoms with Crippen molar-refractivity contribution in [2.24, 2.45) is 0 Å². The van der Waals surface area contributed by atoms with E-state index in [1.54, 1.807) is 0 Å². The van der Waals surface area contributed by atoms with Gasteiger partial charge in [0.1, 0.15) is 0 Å². The Hall–Kier alpha value is -0.610. The van der Waals surface area contributed by atoms with Crippen molar-refractivity contribution in [2.45, 2.75) is 57.0 Å². The first-order chi connectivity index (χ1) is 8.29. The summed E-state index contributed by atoms with van der Waals surface area (Å²) in [6, 6.07) is 1.05. The van der Waals surface area contributed by atoms with Crippen LogP contribution in [0.2, 0.25) is 0 Å². The lowest BCUT2D eigenvalue weighted by Gasteiger charge is -2.27. The molecule has 4 heteroatoms. The number of carbonyl (C=O) groups excluding carboxylic acids is 1. The summed E-state index contributed by atoms with van der Waals surface area (Å²) in [6.45, 7) is 1.70. The van der Waals surface area contributed by atoms with Crippen molar-refractivity contribution < 1.29 is 9.90 Å². The van der Waals surface area contributed by atoms with Crippen LogP contribution in [0.5, 0.6) is 0 Å². The molecule has 2 aliphatic carbocycles. The summed E-state index contributed by atoms with van der Waals surface area (Å²) in [6.07, 6.45) is 7.91. The van der Waals surface area contributed by atoms with Crippen LogP contribution in [0.4, 0.5) is 0 Å². The van der Waals surface area contributed by atoms with Gasteiger partial charge in [0.05, 0.1) is 6.61 Å². The van der Waals surface area contributed by atoms with E-state index >= 15 is 0 Å². The highest BCUT2D eigenvalue weighted by Gasteiger charge is 2.25. The second-order valence-electron chi connectivity index (χ2n) is 5.29. The molecule has 2 saturated carbocycles. The van der Waals surface area contributed by atoms with Crippen LogP contribution in [-0.4, -0.2) is 47.7 Å². The van der Waals surface area contributed by atoms with Gasteiger partial charge in [-0.25, -0.2) is 0 Å². The average Bonchev–Trinajstić information content (AvgIpc) is 2.96. The number of nitrogens with zero attached hydrogens (tertiary/aromatic N) is 1. The standard InChI is InChI=1S/C13H24N2O2/c16-10-9-15(12-3-1-2-4-12)8-7-13(17)14-11-5-6-11/h11-12,16H,1-10H2,(H,14,17). The van der Waals surface area contributed by atoms with Crippen molar-refractivity contribution in [3.63, 3.8) is 0 Å². The molecule has 17 heavy (non-hydrogen) atoms. The van der Waals surface area contributed by atoms with Gasteiger partial charge in [-0.2, -0.15) is 0 Å². The smallest absolute Gasteiger partial charge is 0.221 e. The Morgan fingerprint density at radius 1 is 1.18 bits per heavy atom. The molecule has 2 N–H and O–H groups in total. The van der Waals surface area contributed by atoms with E-state index in [9.17, 15) is 4.79 Å². The summed E-state index contributed by atoms with van der Waals surface area (Å²) >= 11 is 0. The lowest BCUT2D eigenvalue weighted by Crippen LogP contribution is -2.39. The summed E-state index contributed by atoms with van der Waals surface area (Å²) in [4.78, 5) is 13.9. The maximum Gasteiger partial charge on any atom is 0.221 e. The number of aliphatic hydroxyl groups is 1. The Morgan fingerprint density at radius 3 is 2.47 bits per heavy atom. The highest BCUT2D eigenvalue weighted by Crippen LogP contribution is 2.23. The Kier molecular flexibility index (Phi) is 4.80. The first kappa shape index (κ1) is 12.8. The zero-order valence-electron chi connectivity index (χ0n) is 10.5. The summed E-state index contributed by atoms with van der Waals surface area (Å²) in [5, 5.41) is 12.1. The van der Waals surface area contributed by atoms with Crippen LogP contribution in [0, 0.1) is 0 Å². The summed E-state index contributed by atoms with van der Waals surface area (Å²) in [5.41, 5.74) is 0. The van der Waals surface area contributed by atoms with E-state index < -0.39 is 0 Å². The molecule has 2 aliphatic rings. The Morgan fingerprint density at radius 2 is 1.88 bits per heavy atom. The van der Waals surface area contributed by atoms with Crippen LogP contribution in [0.25, 0.3) is 0 Å². The van der Waals surface area contributed by atoms with Gasteiger partial charge in [0, 0.05) is 31.6 Å².